The van der Waals surface area contributed by atoms with E-state index in [9.17, 15) is 0 Å². The Morgan fingerprint density at radius 2 is 1.09 bits per heavy atom. The Hall–Kier alpha value is 0.730. The molecule has 7 heteroatoms. The van der Waals surface area contributed by atoms with Crippen molar-refractivity contribution >= 4 is 28.9 Å². The molecule has 0 aromatic heterocycles. The molecule has 4 nitrogen and oxygen atoms in total. The zero-order valence-electron chi connectivity index (χ0n) is 6.69. The third kappa shape index (κ3) is 1530. The normalized spacial score (nSPS) is 8.55. The minimum absolute atomic E-state index is 1.17. The molecule has 0 aromatic carbocycles. The van der Waals surface area contributed by atoms with Crippen LogP contribution < -0.4 is 0 Å². The third-order valence-electron chi connectivity index (χ3n) is 0. The molecule has 0 radical (unpaired) electrons. The Kier molecular flexibility index (Phi) is 21.5. The molecule has 0 rings (SSSR count). The van der Waals surface area contributed by atoms with E-state index in [0.29, 0.717) is 0 Å². The maximum Gasteiger partial charge on any atom is 0.394 e. The van der Waals surface area contributed by atoms with Crippen LogP contribution in [-0.2, 0) is 10.4 Å². The molecule has 72 valence electrons. The maximum absolute atomic E-state index is 8.74. The van der Waals surface area contributed by atoms with E-state index in [2.05, 4.69) is 32.3 Å². The van der Waals surface area contributed by atoms with Gasteiger partial charge < -0.3 is 0 Å². The Labute approximate surface area is 73.1 Å². The third-order valence-corrected chi connectivity index (χ3v) is 0. The number of hydrogen-bond donors (Lipinski definition) is 2. The first-order chi connectivity index (χ1) is 4.83. The molecule has 0 aliphatic rings. The van der Waals surface area contributed by atoms with Crippen LogP contribution in [0.15, 0.2) is 0 Å². The lowest BCUT2D eigenvalue weighted by Gasteiger charge is -1.68. The molecule has 0 amide bonds. The summed E-state index contributed by atoms with van der Waals surface area (Å²) in [6.45, 7) is 4.18. The van der Waals surface area contributed by atoms with Gasteiger partial charge in [-0.2, -0.15) is 8.42 Å². The van der Waals surface area contributed by atoms with Crippen molar-refractivity contribution in [3.63, 3.8) is 0 Å². The van der Waals surface area contributed by atoms with Crippen molar-refractivity contribution in [2.24, 2.45) is 0 Å². The largest absolute Gasteiger partial charge is 0.394 e. The average molecular weight is 222 g/mol. The fourth-order valence-electron chi connectivity index (χ4n) is 0. The zero-order chi connectivity index (χ0) is 9.91. The second kappa shape index (κ2) is 13.3. The van der Waals surface area contributed by atoms with Gasteiger partial charge >= 0.3 is 10.4 Å². The lowest BCUT2D eigenvalue weighted by Crippen LogP contribution is -1.89. The summed E-state index contributed by atoms with van der Waals surface area (Å²) >= 11 is 0. The van der Waals surface area contributed by atoms with Gasteiger partial charge in [0.15, 0.2) is 0 Å². The quantitative estimate of drug-likeness (QED) is 0.475. The first-order valence-electron chi connectivity index (χ1n) is 2.93. The van der Waals surface area contributed by atoms with E-state index < -0.39 is 10.4 Å². The van der Waals surface area contributed by atoms with Crippen molar-refractivity contribution in [1.82, 2.24) is 0 Å². The first kappa shape index (κ1) is 17.7. The molecule has 0 spiro atoms. The highest BCUT2D eigenvalue weighted by molar-refractivity contribution is 7.79. The lowest BCUT2D eigenvalue weighted by atomic mass is 11.0. The first-order valence-corrected chi connectivity index (χ1v) is 5.96. The topological polar surface area (TPSA) is 74.6 Å². The van der Waals surface area contributed by atoms with Crippen LogP contribution in [0, 0.1) is 0 Å². The summed E-state index contributed by atoms with van der Waals surface area (Å²) in [7, 11) is 0.491. The highest BCUT2D eigenvalue weighted by Crippen LogP contribution is 1.68. The predicted molar refractivity (Wildman–Crippen MR) is 54.7 cm³/mol. The SMILES string of the molecule is CCP.CCP.O=S(=O)(O)O. The van der Waals surface area contributed by atoms with Gasteiger partial charge in [-0.1, -0.05) is 13.8 Å². The molecule has 0 saturated heterocycles. The Balaban J connectivity index is -0.0000000933. The maximum atomic E-state index is 8.74. The van der Waals surface area contributed by atoms with Gasteiger partial charge in [0.2, 0.25) is 0 Å². The summed E-state index contributed by atoms with van der Waals surface area (Å²) in [6, 6.07) is 0. The summed E-state index contributed by atoms with van der Waals surface area (Å²) < 4.78 is 31.6. The van der Waals surface area contributed by atoms with Crippen LogP contribution in [0.4, 0.5) is 0 Å². The van der Waals surface area contributed by atoms with Crippen LogP contribution in [-0.4, -0.2) is 29.8 Å². The minimum atomic E-state index is -4.67. The molecular weight excluding hydrogens is 206 g/mol. The number of rotatable bonds is 0. The van der Waals surface area contributed by atoms with Crippen LogP contribution >= 0.6 is 18.5 Å². The molecule has 0 aliphatic heterocycles. The van der Waals surface area contributed by atoms with E-state index in [1.54, 1.807) is 0 Å². The fraction of sp³-hybridized carbons (Fsp3) is 1.00. The van der Waals surface area contributed by atoms with Gasteiger partial charge in [0.1, 0.15) is 0 Å². The summed E-state index contributed by atoms with van der Waals surface area (Å²) in [5, 5.41) is 0. The summed E-state index contributed by atoms with van der Waals surface area (Å²) in [6.07, 6.45) is 2.33. The van der Waals surface area contributed by atoms with Gasteiger partial charge in [-0.15, -0.1) is 18.5 Å². The molecule has 0 heterocycles. The molecule has 0 bridgehead atoms. The highest BCUT2D eigenvalue weighted by atomic mass is 32.3. The van der Waals surface area contributed by atoms with E-state index >= 15 is 0 Å². The highest BCUT2D eigenvalue weighted by Gasteiger charge is 1.84. The second-order valence-corrected chi connectivity index (χ2v) is 3.79. The predicted octanol–water partition coefficient (Wildman–Crippen LogP) is 1.11. The van der Waals surface area contributed by atoms with E-state index in [1.807, 2.05) is 0 Å². The van der Waals surface area contributed by atoms with Crippen LogP contribution in [0.1, 0.15) is 13.8 Å². The Bertz CT molecular complexity index is 123. The molecule has 2 N–H and O–H groups in total. The summed E-state index contributed by atoms with van der Waals surface area (Å²) in [5.74, 6) is 0. The van der Waals surface area contributed by atoms with E-state index in [4.69, 9.17) is 17.5 Å². The van der Waals surface area contributed by atoms with Crippen LogP contribution in [0.25, 0.3) is 0 Å². The van der Waals surface area contributed by atoms with E-state index in [-0.39, 0.29) is 0 Å². The van der Waals surface area contributed by atoms with Gasteiger partial charge in [-0.3, -0.25) is 9.11 Å². The van der Waals surface area contributed by atoms with Crippen molar-refractivity contribution in [2.45, 2.75) is 13.8 Å². The summed E-state index contributed by atoms with van der Waals surface area (Å²) in [5.41, 5.74) is 0. The fourth-order valence-corrected chi connectivity index (χ4v) is 0. The van der Waals surface area contributed by atoms with E-state index in [1.165, 1.54) is 12.3 Å². The van der Waals surface area contributed by atoms with E-state index in [0.717, 1.165) is 0 Å². The van der Waals surface area contributed by atoms with Crippen LogP contribution in [0.5, 0.6) is 0 Å². The minimum Gasteiger partial charge on any atom is -0.264 e. The van der Waals surface area contributed by atoms with Gasteiger partial charge in [0, 0.05) is 0 Å². The lowest BCUT2D eigenvalue weighted by molar-refractivity contribution is 0.381. The average Bonchev–Trinajstić information content (AvgIpc) is 1.62. The second-order valence-electron chi connectivity index (χ2n) is 1.26. The van der Waals surface area contributed by atoms with Crippen molar-refractivity contribution < 1.29 is 17.5 Å². The van der Waals surface area contributed by atoms with Gasteiger partial charge in [0.05, 0.1) is 0 Å². The number of hydrogen-bond acceptors (Lipinski definition) is 2. The molecular formula is C4H16O4P2S. The smallest absolute Gasteiger partial charge is 0.264 e. The Morgan fingerprint density at radius 3 is 1.09 bits per heavy atom. The standard InChI is InChI=1S/2C2H7P.H2O4S/c2*1-2-3;1-5(2,3)4/h2*2-3H2,1H3;(H2,1,2,3,4). The molecule has 2 atom stereocenters. The van der Waals surface area contributed by atoms with Crippen molar-refractivity contribution in [3.8, 4) is 0 Å². The summed E-state index contributed by atoms with van der Waals surface area (Å²) in [4.78, 5) is 0. The molecule has 0 fully saturated rings. The van der Waals surface area contributed by atoms with Crippen LogP contribution in [0.2, 0.25) is 0 Å². The van der Waals surface area contributed by atoms with Gasteiger partial charge in [-0.05, 0) is 12.3 Å². The molecule has 2 unspecified atom stereocenters. The van der Waals surface area contributed by atoms with Crippen molar-refractivity contribution in [3.05, 3.63) is 0 Å². The molecule has 0 aliphatic carbocycles. The van der Waals surface area contributed by atoms with Gasteiger partial charge in [0.25, 0.3) is 0 Å². The molecule has 11 heavy (non-hydrogen) atoms. The monoisotopic (exact) mass is 222 g/mol. The Morgan fingerprint density at radius 1 is 1.09 bits per heavy atom. The van der Waals surface area contributed by atoms with Crippen molar-refractivity contribution in [2.75, 3.05) is 12.3 Å². The van der Waals surface area contributed by atoms with Crippen molar-refractivity contribution in [1.29, 1.82) is 0 Å². The zero-order valence-corrected chi connectivity index (χ0v) is 9.81. The van der Waals surface area contributed by atoms with Crippen LogP contribution in [0.3, 0.4) is 0 Å². The molecule has 0 aromatic rings. The molecule has 0 saturated carbocycles. The van der Waals surface area contributed by atoms with Gasteiger partial charge in [-0.25, -0.2) is 0 Å².